The van der Waals surface area contributed by atoms with Crippen molar-refractivity contribution < 1.29 is 10.2 Å². The largest absolute Gasteiger partial charge is 0.395 e. The highest BCUT2D eigenvalue weighted by Crippen LogP contribution is 2.31. The number of hydrogen-bond donors (Lipinski definition) is 2. The van der Waals surface area contributed by atoms with Crippen LogP contribution in [-0.2, 0) is 6.61 Å². The quantitative estimate of drug-likeness (QED) is 0.792. The molecule has 0 saturated heterocycles. The van der Waals surface area contributed by atoms with E-state index in [1.54, 1.807) is 0 Å². The molecule has 1 aromatic carbocycles. The predicted molar refractivity (Wildman–Crippen MR) is 64.4 cm³/mol. The van der Waals surface area contributed by atoms with Crippen molar-refractivity contribution in [3.05, 3.63) is 29.8 Å². The molecule has 2 rings (SSSR count). The number of para-hydroxylation sites is 1. The zero-order valence-electron chi connectivity index (χ0n) is 9.47. The third kappa shape index (κ3) is 2.20. The predicted octanol–water partition coefficient (Wildman–Crippen LogP) is 1.53. The Balaban J connectivity index is 2.22. The minimum atomic E-state index is 0.0603. The Hall–Kier alpha value is -1.06. The Morgan fingerprint density at radius 1 is 1.19 bits per heavy atom. The van der Waals surface area contributed by atoms with E-state index in [1.807, 2.05) is 24.3 Å². The molecular weight excluding hydrogens is 202 g/mol. The summed E-state index contributed by atoms with van der Waals surface area (Å²) in [4.78, 5) is 2.23. The first kappa shape index (κ1) is 11.4. The standard InChI is InChI=1S/C13H19NO2/c15-9-8-14(12-5-3-6-12)13-7-2-1-4-11(13)10-16/h1-2,4,7,12,15-16H,3,5-6,8-10H2. The van der Waals surface area contributed by atoms with E-state index in [-0.39, 0.29) is 13.2 Å². The molecule has 0 unspecified atom stereocenters. The molecule has 0 heterocycles. The van der Waals surface area contributed by atoms with Gasteiger partial charge in [-0.2, -0.15) is 0 Å². The maximum atomic E-state index is 9.32. The molecule has 1 saturated carbocycles. The monoisotopic (exact) mass is 221 g/mol. The van der Waals surface area contributed by atoms with Gasteiger partial charge in [0, 0.05) is 23.8 Å². The van der Waals surface area contributed by atoms with Crippen LogP contribution >= 0.6 is 0 Å². The van der Waals surface area contributed by atoms with Gasteiger partial charge in [0.15, 0.2) is 0 Å². The van der Waals surface area contributed by atoms with Gasteiger partial charge < -0.3 is 15.1 Å². The first-order valence-corrected chi connectivity index (χ1v) is 5.93. The van der Waals surface area contributed by atoms with E-state index in [9.17, 15) is 5.11 Å². The van der Waals surface area contributed by atoms with Crippen molar-refractivity contribution in [2.24, 2.45) is 0 Å². The fraction of sp³-hybridized carbons (Fsp3) is 0.538. The first-order chi connectivity index (χ1) is 7.86. The van der Waals surface area contributed by atoms with Crippen LogP contribution in [0.15, 0.2) is 24.3 Å². The van der Waals surface area contributed by atoms with Crippen LogP contribution < -0.4 is 4.90 Å². The van der Waals surface area contributed by atoms with Crippen molar-refractivity contribution in [2.45, 2.75) is 31.9 Å². The Morgan fingerprint density at radius 2 is 1.94 bits per heavy atom. The molecule has 16 heavy (non-hydrogen) atoms. The highest BCUT2D eigenvalue weighted by atomic mass is 16.3. The molecule has 0 aliphatic heterocycles. The number of nitrogens with zero attached hydrogens (tertiary/aromatic N) is 1. The lowest BCUT2D eigenvalue weighted by molar-refractivity contribution is 0.274. The molecule has 0 amide bonds. The van der Waals surface area contributed by atoms with Crippen molar-refractivity contribution in [3.63, 3.8) is 0 Å². The SMILES string of the molecule is OCCN(c1ccccc1CO)C1CCC1. The molecule has 0 aromatic heterocycles. The van der Waals surface area contributed by atoms with Crippen molar-refractivity contribution in [1.29, 1.82) is 0 Å². The lowest BCUT2D eigenvalue weighted by Crippen LogP contribution is -2.42. The summed E-state index contributed by atoms with van der Waals surface area (Å²) in [5.74, 6) is 0. The van der Waals surface area contributed by atoms with Gasteiger partial charge in [-0.1, -0.05) is 18.2 Å². The molecule has 0 radical (unpaired) electrons. The number of hydrogen-bond acceptors (Lipinski definition) is 3. The molecule has 1 aliphatic rings. The lowest BCUT2D eigenvalue weighted by atomic mass is 9.90. The van der Waals surface area contributed by atoms with Gasteiger partial charge in [0.05, 0.1) is 13.2 Å². The summed E-state index contributed by atoms with van der Waals surface area (Å²) in [6.45, 7) is 0.878. The van der Waals surface area contributed by atoms with E-state index in [1.165, 1.54) is 19.3 Å². The summed E-state index contributed by atoms with van der Waals surface area (Å²) in [5, 5.41) is 18.4. The second-order valence-electron chi connectivity index (χ2n) is 4.29. The molecule has 1 fully saturated rings. The summed E-state index contributed by atoms with van der Waals surface area (Å²) < 4.78 is 0. The van der Waals surface area contributed by atoms with Crippen LogP contribution in [0, 0.1) is 0 Å². The number of aliphatic hydroxyl groups is 2. The third-order valence-electron chi connectivity index (χ3n) is 3.33. The number of rotatable bonds is 5. The first-order valence-electron chi connectivity index (χ1n) is 5.93. The molecular formula is C13H19NO2. The molecule has 2 N–H and O–H groups in total. The van der Waals surface area contributed by atoms with E-state index in [0.29, 0.717) is 12.6 Å². The average molecular weight is 221 g/mol. The highest BCUT2D eigenvalue weighted by Gasteiger charge is 2.25. The van der Waals surface area contributed by atoms with Crippen LogP contribution in [-0.4, -0.2) is 29.4 Å². The van der Waals surface area contributed by atoms with E-state index >= 15 is 0 Å². The van der Waals surface area contributed by atoms with E-state index < -0.39 is 0 Å². The second kappa shape index (κ2) is 5.32. The smallest absolute Gasteiger partial charge is 0.0702 e. The van der Waals surface area contributed by atoms with Gasteiger partial charge in [0.1, 0.15) is 0 Å². The average Bonchev–Trinajstić information content (AvgIpc) is 2.26. The van der Waals surface area contributed by atoms with Crippen molar-refractivity contribution in [3.8, 4) is 0 Å². The fourth-order valence-corrected chi connectivity index (χ4v) is 2.23. The van der Waals surface area contributed by atoms with Crippen molar-refractivity contribution >= 4 is 5.69 Å². The molecule has 0 atom stereocenters. The Morgan fingerprint density at radius 3 is 2.50 bits per heavy atom. The zero-order valence-corrected chi connectivity index (χ0v) is 9.47. The van der Waals surface area contributed by atoms with Crippen molar-refractivity contribution in [1.82, 2.24) is 0 Å². The third-order valence-corrected chi connectivity index (χ3v) is 3.33. The summed E-state index contributed by atoms with van der Waals surface area (Å²) in [6.07, 6.45) is 3.66. The van der Waals surface area contributed by atoms with Crippen LogP contribution in [0.5, 0.6) is 0 Å². The number of aliphatic hydroxyl groups excluding tert-OH is 2. The molecule has 0 bridgehead atoms. The van der Waals surface area contributed by atoms with Crippen LogP contribution in [0.1, 0.15) is 24.8 Å². The van der Waals surface area contributed by atoms with Crippen LogP contribution in [0.25, 0.3) is 0 Å². The van der Waals surface area contributed by atoms with Crippen LogP contribution in [0.4, 0.5) is 5.69 Å². The zero-order chi connectivity index (χ0) is 11.4. The van der Waals surface area contributed by atoms with Gasteiger partial charge >= 0.3 is 0 Å². The normalized spacial score (nSPS) is 15.9. The highest BCUT2D eigenvalue weighted by molar-refractivity contribution is 5.54. The summed E-state index contributed by atoms with van der Waals surface area (Å²) >= 11 is 0. The van der Waals surface area contributed by atoms with E-state index in [2.05, 4.69) is 4.90 Å². The Kier molecular flexibility index (Phi) is 3.80. The number of anilines is 1. The molecule has 3 heteroatoms. The Labute approximate surface area is 96.3 Å². The minimum absolute atomic E-state index is 0.0603. The van der Waals surface area contributed by atoms with Crippen molar-refractivity contribution in [2.75, 3.05) is 18.1 Å². The topological polar surface area (TPSA) is 43.7 Å². The maximum Gasteiger partial charge on any atom is 0.0702 e. The molecule has 88 valence electrons. The maximum absolute atomic E-state index is 9.32. The van der Waals surface area contributed by atoms with Crippen LogP contribution in [0.3, 0.4) is 0 Å². The summed E-state index contributed by atoms with van der Waals surface area (Å²) in [6, 6.07) is 8.43. The van der Waals surface area contributed by atoms with Gasteiger partial charge in [-0.05, 0) is 25.3 Å². The Bertz CT molecular complexity index is 336. The summed E-state index contributed by atoms with van der Waals surface area (Å²) in [7, 11) is 0. The van der Waals surface area contributed by atoms with Gasteiger partial charge in [-0.25, -0.2) is 0 Å². The molecule has 0 spiro atoms. The van der Waals surface area contributed by atoms with Gasteiger partial charge in [0.2, 0.25) is 0 Å². The molecule has 1 aromatic rings. The minimum Gasteiger partial charge on any atom is -0.395 e. The number of benzene rings is 1. The van der Waals surface area contributed by atoms with E-state index in [0.717, 1.165) is 11.3 Å². The van der Waals surface area contributed by atoms with Crippen LogP contribution in [0.2, 0.25) is 0 Å². The van der Waals surface area contributed by atoms with Gasteiger partial charge in [-0.15, -0.1) is 0 Å². The molecule has 1 aliphatic carbocycles. The fourth-order valence-electron chi connectivity index (χ4n) is 2.23. The lowest BCUT2D eigenvalue weighted by Gasteiger charge is -2.39. The van der Waals surface area contributed by atoms with E-state index in [4.69, 9.17) is 5.11 Å². The van der Waals surface area contributed by atoms with Gasteiger partial charge in [-0.3, -0.25) is 0 Å². The second-order valence-corrected chi connectivity index (χ2v) is 4.29. The summed E-state index contributed by atoms with van der Waals surface area (Å²) in [5.41, 5.74) is 2.02. The van der Waals surface area contributed by atoms with Gasteiger partial charge in [0.25, 0.3) is 0 Å². The molecule has 3 nitrogen and oxygen atoms in total.